The highest BCUT2D eigenvalue weighted by molar-refractivity contribution is 5.95. The van der Waals surface area contributed by atoms with E-state index < -0.39 is 35.3 Å². The van der Waals surface area contributed by atoms with Gasteiger partial charge in [0.1, 0.15) is 5.82 Å². The van der Waals surface area contributed by atoms with Crippen LogP contribution in [-0.2, 0) is 14.3 Å². The molecule has 0 heterocycles. The second-order valence-electron chi connectivity index (χ2n) is 8.97. The fraction of sp³-hybridized carbons (Fsp3) is 0.591. The molecule has 1 amide bonds. The standard InChI is InChI=1S/C22H25FN2O4/c23-17-2-4-18(5-3-17)25(7-1-6-24)19(26)13-29-20(27)21-9-15-8-16(10-21)12-22(28,11-15)14-21/h2-5,15-16,28H,1,7-14H2/t15-,16-,21?,22?/m1/s1. The highest BCUT2D eigenvalue weighted by atomic mass is 19.1. The van der Waals surface area contributed by atoms with Crippen molar-refractivity contribution in [3.05, 3.63) is 30.1 Å². The number of esters is 1. The van der Waals surface area contributed by atoms with Gasteiger partial charge in [0.25, 0.3) is 5.91 Å². The first kappa shape index (κ1) is 19.8. The minimum atomic E-state index is -0.778. The number of rotatable bonds is 6. The molecule has 154 valence electrons. The van der Waals surface area contributed by atoms with Crippen LogP contribution in [0, 0.1) is 34.4 Å². The van der Waals surface area contributed by atoms with Gasteiger partial charge in [0.15, 0.2) is 6.61 Å². The molecule has 0 radical (unpaired) electrons. The Balaban J connectivity index is 1.43. The van der Waals surface area contributed by atoms with Crippen LogP contribution in [0.25, 0.3) is 0 Å². The zero-order valence-electron chi connectivity index (χ0n) is 16.3. The molecule has 4 saturated carbocycles. The van der Waals surface area contributed by atoms with E-state index >= 15 is 0 Å². The Labute approximate surface area is 169 Å². The van der Waals surface area contributed by atoms with Crippen LogP contribution in [0.4, 0.5) is 10.1 Å². The van der Waals surface area contributed by atoms with Gasteiger partial charge in [-0.05, 0) is 74.6 Å². The minimum absolute atomic E-state index is 0.109. The number of aliphatic hydroxyl groups is 1. The van der Waals surface area contributed by atoms with Crippen molar-refractivity contribution in [3.63, 3.8) is 0 Å². The Kier molecular flexibility index (Phi) is 5.07. The zero-order chi connectivity index (χ0) is 20.6. The van der Waals surface area contributed by atoms with Crippen molar-refractivity contribution in [1.29, 1.82) is 5.26 Å². The van der Waals surface area contributed by atoms with Crippen molar-refractivity contribution in [2.45, 2.75) is 50.5 Å². The van der Waals surface area contributed by atoms with Crippen molar-refractivity contribution in [2.75, 3.05) is 18.1 Å². The number of benzene rings is 1. The van der Waals surface area contributed by atoms with Gasteiger partial charge >= 0.3 is 5.97 Å². The molecule has 29 heavy (non-hydrogen) atoms. The number of ether oxygens (including phenoxy) is 1. The van der Waals surface area contributed by atoms with E-state index in [4.69, 9.17) is 10.00 Å². The molecule has 4 fully saturated rings. The van der Waals surface area contributed by atoms with Crippen LogP contribution in [-0.4, -0.2) is 35.7 Å². The largest absolute Gasteiger partial charge is 0.455 e. The van der Waals surface area contributed by atoms with E-state index in [0.717, 1.165) is 32.1 Å². The number of anilines is 1. The normalized spacial score (nSPS) is 31.9. The molecule has 0 saturated heterocycles. The number of amides is 1. The summed E-state index contributed by atoms with van der Waals surface area (Å²) in [5.41, 5.74) is -1.01. The van der Waals surface area contributed by atoms with Crippen LogP contribution in [0.5, 0.6) is 0 Å². The van der Waals surface area contributed by atoms with Gasteiger partial charge in [-0.3, -0.25) is 9.59 Å². The van der Waals surface area contributed by atoms with Crippen molar-refractivity contribution in [1.82, 2.24) is 0 Å². The lowest BCUT2D eigenvalue weighted by Gasteiger charge is -2.58. The van der Waals surface area contributed by atoms with Crippen molar-refractivity contribution in [3.8, 4) is 6.07 Å². The highest BCUT2D eigenvalue weighted by Gasteiger charge is 2.60. The Morgan fingerprint density at radius 1 is 1.21 bits per heavy atom. The summed E-state index contributed by atoms with van der Waals surface area (Å²) in [5.74, 6) is -0.597. The number of carbonyl (C=O) groups is 2. The molecular weight excluding hydrogens is 375 g/mol. The Morgan fingerprint density at radius 2 is 1.86 bits per heavy atom. The summed E-state index contributed by atoms with van der Waals surface area (Å²) in [6.07, 6.45) is 4.52. The second-order valence-corrected chi connectivity index (χ2v) is 8.97. The second kappa shape index (κ2) is 7.42. The quantitative estimate of drug-likeness (QED) is 0.742. The van der Waals surface area contributed by atoms with E-state index in [-0.39, 0.29) is 13.0 Å². The van der Waals surface area contributed by atoms with E-state index in [0.29, 0.717) is 23.9 Å². The van der Waals surface area contributed by atoms with Gasteiger partial charge in [-0.2, -0.15) is 5.26 Å². The third kappa shape index (κ3) is 3.86. The van der Waals surface area contributed by atoms with Crippen molar-refractivity contribution in [2.24, 2.45) is 17.3 Å². The third-order valence-corrected chi connectivity index (χ3v) is 6.68. The molecule has 1 aromatic rings. The van der Waals surface area contributed by atoms with Crippen molar-refractivity contribution < 1.29 is 23.8 Å². The smallest absolute Gasteiger partial charge is 0.312 e. The summed E-state index contributed by atoms with van der Waals surface area (Å²) < 4.78 is 18.6. The van der Waals surface area contributed by atoms with Crippen LogP contribution in [0.3, 0.4) is 0 Å². The average molecular weight is 400 g/mol. The molecule has 0 aromatic heterocycles. The molecule has 1 aromatic carbocycles. The van der Waals surface area contributed by atoms with E-state index in [2.05, 4.69) is 0 Å². The van der Waals surface area contributed by atoms with Gasteiger partial charge in [0, 0.05) is 12.2 Å². The summed E-state index contributed by atoms with van der Waals surface area (Å²) in [5, 5.41) is 19.7. The maximum Gasteiger partial charge on any atom is 0.312 e. The molecule has 4 aliphatic rings. The average Bonchev–Trinajstić information content (AvgIpc) is 2.65. The third-order valence-electron chi connectivity index (χ3n) is 6.68. The van der Waals surface area contributed by atoms with Gasteiger partial charge in [-0.1, -0.05) is 0 Å². The van der Waals surface area contributed by atoms with E-state index in [1.165, 1.54) is 29.2 Å². The number of hydrogen-bond acceptors (Lipinski definition) is 5. The molecule has 2 atom stereocenters. The predicted octanol–water partition coefficient (Wildman–Crippen LogP) is 2.95. The maximum atomic E-state index is 13.2. The summed E-state index contributed by atoms with van der Waals surface area (Å²) in [7, 11) is 0. The molecule has 4 bridgehead atoms. The molecule has 5 rings (SSSR count). The molecule has 7 heteroatoms. The van der Waals surface area contributed by atoms with Gasteiger partial charge in [0.05, 0.1) is 23.5 Å². The molecule has 1 N–H and O–H groups in total. The molecule has 4 aliphatic carbocycles. The van der Waals surface area contributed by atoms with E-state index in [9.17, 15) is 19.1 Å². The lowest BCUT2D eigenvalue weighted by molar-refractivity contribution is -0.196. The van der Waals surface area contributed by atoms with Gasteiger partial charge < -0.3 is 14.7 Å². The SMILES string of the molecule is N#CCCN(C(=O)COC(=O)C12C[C@H]3C[C@@H](CC(O)(C3)C1)C2)c1ccc(F)cc1. The van der Waals surface area contributed by atoms with Crippen molar-refractivity contribution >= 4 is 17.6 Å². The Bertz CT molecular complexity index is 833. The van der Waals surface area contributed by atoms with Crippen LogP contribution >= 0.6 is 0 Å². The van der Waals surface area contributed by atoms with Gasteiger partial charge in [0.2, 0.25) is 0 Å². The predicted molar refractivity (Wildman–Crippen MR) is 102 cm³/mol. The van der Waals surface area contributed by atoms with Gasteiger partial charge in [-0.25, -0.2) is 4.39 Å². The van der Waals surface area contributed by atoms with Crippen LogP contribution < -0.4 is 4.90 Å². The molecule has 0 spiro atoms. The van der Waals surface area contributed by atoms with Gasteiger partial charge in [-0.15, -0.1) is 0 Å². The first-order valence-electron chi connectivity index (χ1n) is 10.1. The molecule has 0 unspecified atom stereocenters. The number of nitriles is 1. The summed E-state index contributed by atoms with van der Waals surface area (Å²) in [6.45, 7) is -0.301. The zero-order valence-corrected chi connectivity index (χ0v) is 16.3. The number of hydrogen-bond donors (Lipinski definition) is 1. The number of halogens is 1. The van der Waals surface area contributed by atoms with E-state index in [1.807, 2.05) is 6.07 Å². The van der Waals surface area contributed by atoms with Crippen LogP contribution in [0.1, 0.15) is 44.9 Å². The first-order valence-corrected chi connectivity index (χ1v) is 10.1. The van der Waals surface area contributed by atoms with Crippen LogP contribution in [0.15, 0.2) is 24.3 Å². The fourth-order valence-corrected chi connectivity index (χ4v) is 5.99. The lowest BCUT2D eigenvalue weighted by Crippen LogP contribution is -2.58. The molecular formula is C22H25FN2O4. The first-order chi connectivity index (χ1) is 13.8. The summed E-state index contributed by atoms with van der Waals surface area (Å²) in [4.78, 5) is 27.0. The fourth-order valence-electron chi connectivity index (χ4n) is 5.99. The topological polar surface area (TPSA) is 90.6 Å². The van der Waals surface area contributed by atoms with Crippen LogP contribution in [0.2, 0.25) is 0 Å². The minimum Gasteiger partial charge on any atom is -0.455 e. The lowest BCUT2D eigenvalue weighted by atomic mass is 9.48. The Hall–Kier alpha value is -2.46. The summed E-state index contributed by atoms with van der Waals surface area (Å²) in [6, 6.07) is 7.39. The molecule has 6 nitrogen and oxygen atoms in total. The summed E-state index contributed by atoms with van der Waals surface area (Å²) >= 11 is 0. The Morgan fingerprint density at radius 3 is 2.45 bits per heavy atom. The molecule has 0 aliphatic heterocycles. The number of carbonyl (C=O) groups excluding carboxylic acids is 2. The maximum absolute atomic E-state index is 13.2. The number of nitrogens with zero attached hydrogens (tertiary/aromatic N) is 2. The highest BCUT2D eigenvalue weighted by Crippen LogP contribution is 2.61. The monoisotopic (exact) mass is 400 g/mol. The van der Waals surface area contributed by atoms with E-state index in [1.54, 1.807) is 0 Å².